The summed E-state index contributed by atoms with van der Waals surface area (Å²) >= 11 is 0. The number of nitrogens with two attached hydrogens (primary N) is 1. The molecule has 4 heteroatoms. The Morgan fingerprint density at radius 3 is 2.53 bits per heavy atom. The molecule has 0 aliphatic rings. The average molecular weight is 237 g/mol. The Morgan fingerprint density at radius 1 is 1.41 bits per heavy atom. The summed E-state index contributed by atoms with van der Waals surface area (Å²) in [5.74, 6) is 6.95. The van der Waals surface area contributed by atoms with Gasteiger partial charge in [-0.25, -0.2) is 0 Å². The molecule has 1 atom stereocenters. The van der Waals surface area contributed by atoms with Crippen LogP contribution >= 0.6 is 0 Å². The molecule has 0 radical (unpaired) electrons. The first-order valence-electron chi connectivity index (χ1n) is 5.96. The van der Waals surface area contributed by atoms with Crippen molar-refractivity contribution >= 4 is 0 Å². The van der Waals surface area contributed by atoms with Gasteiger partial charge in [-0.2, -0.15) is 0 Å². The summed E-state index contributed by atoms with van der Waals surface area (Å²) in [5.41, 5.74) is 6.06. The van der Waals surface area contributed by atoms with Gasteiger partial charge in [0, 0.05) is 35.5 Å². The van der Waals surface area contributed by atoms with Gasteiger partial charge in [0.15, 0.2) is 0 Å². The van der Waals surface area contributed by atoms with Gasteiger partial charge < -0.3 is 4.74 Å². The first-order valence-corrected chi connectivity index (χ1v) is 5.96. The second-order valence-corrected chi connectivity index (χ2v) is 4.77. The monoisotopic (exact) mass is 237 g/mol. The van der Waals surface area contributed by atoms with Crippen LogP contribution in [0.3, 0.4) is 0 Å². The largest absolute Gasteiger partial charge is 0.496 e. The van der Waals surface area contributed by atoms with Crippen LogP contribution in [0.25, 0.3) is 0 Å². The Kier molecular flexibility index (Phi) is 4.90. The molecule has 1 heterocycles. The van der Waals surface area contributed by atoms with Gasteiger partial charge in [-0.3, -0.25) is 16.3 Å². The lowest BCUT2D eigenvalue weighted by molar-refractivity contribution is 0.392. The van der Waals surface area contributed by atoms with Gasteiger partial charge in [-0.15, -0.1) is 0 Å². The minimum absolute atomic E-state index is 0.230. The Bertz CT molecular complexity index is 377. The fourth-order valence-corrected chi connectivity index (χ4v) is 1.97. The molecule has 1 unspecified atom stereocenters. The lowest BCUT2D eigenvalue weighted by Gasteiger charge is -2.21. The number of pyridine rings is 1. The number of nitrogens with one attached hydrogen (secondary N) is 1. The van der Waals surface area contributed by atoms with Crippen LogP contribution in [-0.4, -0.2) is 18.1 Å². The Labute approximate surface area is 104 Å². The molecule has 0 amide bonds. The Morgan fingerprint density at radius 2 is 2.06 bits per heavy atom. The van der Waals surface area contributed by atoms with Crippen LogP contribution in [0.4, 0.5) is 0 Å². The Hall–Kier alpha value is -1.13. The lowest BCUT2D eigenvalue weighted by Crippen LogP contribution is -2.40. The SMILES string of the molecule is COc1c(C)cnc(CC(NN)C(C)C)c1C. The van der Waals surface area contributed by atoms with Crippen molar-refractivity contribution in [3.8, 4) is 5.75 Å². The van der Waals surface area contributed by atoms with E-state index in [4.69, 9.17) is 10.6 Å². The molecule has 0 aliphatic carbocycles. The van der Waals surface area contributed by atoms with Crippen molar-refractivity contribution in [3.63, 3.8) is 0 Å². The molecule has 1 rings (SSSR count). The zero-order valence-corrected chi connectivity index (χ0v) is 11.4. The van der Waals surface area contributed by atoms with Crippen LogP contribution in [0.2, 0.25) is 0 Å². The van der Waals surface area contributed by atoms with Crippen molar-refractivity contribution in [2.45, 2.75) is 40.2 Å². The number of hydrazine groups is 1. The number of hydrogen-bond acceptors (Lipinski definition) is 4. The topological polar surface area (TPSA) is 60.2 Å². The third-order valence-corrected chi connectivity index (χ3v) is 3.18. The highest BCUT2D eigenvalue weighted by Crippen LogP contribution is 2.25. The molecule has 0 saturated carbocycles. The lowest BCUT2D eigenvalue weighted by atomic mass is 9.97. The minimum Gasteiger partial charge on any atom is -0.496 e. The van der Waals surface area contributed by atoms with Crippen LogP contribution in [0.5, 0.6) is 5.75 Å². The molecule has 1 aromatic heterocycles. The van der Waals surface area contributed by atoms with Crippen molar-refractivity contribution < 1.29 is 4.74 Å². The van der Waals surface area contributed by atoms with Crippen molar-refractivity contribution in [3.05, 3.63) is 23.0 Å². The third kappa shape index (κ3) is 3.17. The van der Waals surface area contributed by atoms with Crippen molar-refractivity contribution in [2.24, 2.45) is 11.8 Å². The minimum atomic E-state index is 0.230. The molecule has 0 fully saturated rings. The number of aryl methyl sites for hydroxylation is 1. The van der Waals surface area contributed by atoms with E-state index in [1.54, 1.807) is 7.11 Å². The van der Waals surface area contributed by atoms with Crippen LogP contribution in [-0.2, 0) is 6.42 Å². The number of hydrogen-bond donors (Lipinski definition) is 2. The molecular weight excluding hydrogens is 214 g/mol. The molecule has 0 aromatic carbocycles. The van der Waals surface area contributed by atoms with E-state index in [1.165, 1.54) is 0 Å². The fraction of sp³-hybridized carbons (Fsp3) is 0.615. The highest BCUT2D eigenvalue weighted by atomic mass is 16.5. The number of nitrogens with zero attached hydrogens (tertiary/aromatic N) is 1. The molecule has 0 bridgehead atoms. The molecule has 3 N–H and O–H groups in total. The van der Waals surface area contributed by atoms with Crippen molar-refractivity contribution in [1.29, 1.82) is 0 Å². The van der Waals surface area contributed by atoms with Gasteiger partial charge in [-0.05, 0) is 19.8 Å². The van der Waals surface area contributed by atoms with E-state index in [0.29, 0.717) is 5.92 Å². The molecule has 96 valence electrons. The first kappa shape index (κ1) is 13.9. The third-order valence-electron chi connectivity index (χ3n) is 3.18. The normalized spacial score (nSPS) is 12.9. The maximum Gasteiger partial charge on any atom is 0.128 e. The van der Waals surface area contributed by atoms with Gasteiger partial charge >= 0.3 is 0 Å². The number of ether oxygens (including phenoxy) is 1. The summed E-state index contributed by atoms with van der Waals surface area (Å²) < 4.78 is 5.40. The maximum absolute atomic E-state index is 5.56. The number of aromatic nitrogens is 1. The predicted molar refractivity (Wildman–Crippen MR) is 69.9 cm³/mol. The standard InChI is InChI=1S/C13H23N3O/c1-8(2)11(16-14)6-12-10(4)13(17-5)9(3)7-15-12/h7-8,11,16H,6,14H2,1-5H3. The number of methoxy groups -OCH3 is 1. The molecule has 0 saturated heterocycles. The van der Waals surface area contributed by atoms with E-state index in [-0.39, 0.29) is 6.04 Å². The molecule has 4 nitrogen and oxygen atoms in total. The zero-order chi connectivity index (χ0) is 13.0. The van der Waals surface area contributed by atoms with Gasteiger partial charge in [0.1, 0.15) is 5.75 Å². The summed E-state index contributed by atoms with van der Waals surface area (Å²) in [6.07, 6.45) is 2.67. The Balaban J connectivity index is 2.99. The van der Waals surface area contributed by atoms with Crippen LogP contribution < -0.4 is 16.0 Å². The van der Waals surface area contributed by atoms with E-state index in [1.807, 2.05) is 20.0 Å². The summed E-state index contributed by atoms with van der Waals surface area (Å²) in [6.45, 7) is 8.34. The van der Waals surface area contributed by atoms with Gasteiger partial charge in [0.25, 0.3) is 0 Å². The van der Waals surface area contributed by atoms with Crippen LogP contribution in [0.1, 0.15) is 30.7 Å². The van der Waals surface area contributed by atoms with Gasteiger partial charge in [0.2, 0.25) is 0 Å². The second kappa shape index (κ2) is 5.98. The van der Waals surface area contributed by atoms with Gasteiger partial charge in [0.05, 0.1) is 7.11 Å². The summed E-state index contributed by atoms with van der Waals surface area (Å²) in [7, 11) is 1.69. The smallest absolute Gasteiger partial charge is 0.128 e. The van der Waals surface area contributed by atoms with Crippen LogP contribution in [0.15, 0.2) is 6.20 Å². The highest BCUT2D eigenvalue weighted by molar-refractivity contribution is 5.41. The molecular formula is C13H23N3O. The van der Waals surface area contributed by atoms with Crippen molar-refractivity contribution in [1.82, 2.24) is 10.4 Å². The maximum atomic E-state index is 5.56. The van der Waals surface area contributed by atoms with Crippen molar-refractivity contribution in [2.75, 3.05) is 7.11 Å². The van der Waals surface area contributed by atoms with E-state index >= 15 is 0 Å². The van der Waals surface area contributed by atoms with Crippen LogP contribution in [0, 0.1) is 19.8 Å². The van der Waals surface area contributed by atoms with E-state index in [9.17, 15) is 0 Å². The summed E-state index contributed by atoms with van der Waals surface area (Å²) in [5, 5.41) is 0. The quantitative estimate of drug-likeness (QED) is 0.605. The second-order valence-electron chi connectivity index (χ2n) is 4.77. The van der Waals surface area contributed by atoms with E-state index in [2.05, 4.69) is 24.3 Å². The van der Waals surface area contributed by atoms with E-state index in [0.717, 1.165) is 29.0 Å². The first-order chi connectivity index (χ1) is 8.01. The summed E-state index contributed by atoms with van der Waals surface area (Å²) in [6, 6.07) is 0.230. The van der Waals surface area contributed by atoms with E-state index < -0.39 is 0 Å². The number of rotatable bonds is 5. The summed E-state index contributed by atoms with van der Waals surface area (Å²) in [4.78, 5) is 4.48. The molecule has 17 heavy (non-hydrogen) atoms. The fourth-order valence-electron chi connectivity index (χ4n) is 1.97. The average Bonchev–Trinajstić information content (AvgIpc) is 2.28. The predicted octanol–water partition coefficient (Wildman–Crippen LogP) is 1.74. The molecule has 0 spiro atoms. The van der Waals surface area contributed by atoms with Gasteiger partial charge in [-0.1, -0.05) is 13.8 Å². The highest BCUT2D eigenvalue weighted by Gasteiger charge is 2.16. The zero-order valence-electron chi connectivity index (χ0n) is 11.4. The molecule has 1 aromatic rings. The molecule has 0 aliphatic heterocycles.